The van der Waals surface area contributed by atoms with E-state index < -0.39 is 0 Å². The summed E-state index contributed by atoms with van der Waals surface area (Å²) < 4.78 is 18.2. The van der Waals surface area contributed by atoms with Gasteiger partial charge in [-0.2, -0.15) is 0 Å². The monoisotopic (exact) mass is 614 g/mol. The zero-order valence-electron chi connectivity index (χ0n) is 26.1. The number of ether oxygens (including phenoxy) is 2. The maximum Gasteiger partial charge on any atom is 0.260 e. The van der Waals surface area contributed by atoms with Crippen LogP contribution in [0.5, 0.6) is 23.0 Å². The Morgan fingerprint density at radius 3 is 1.69 bits per heavy atom. The van der Waals surface area contributed by atoms with Gasteiger partial charge in [0.25, 0.3) is 6.71 Å². The average Bonchev–Trinajstić information content (AvgIpc) is 3.64. The lowest BCUT2D eigenvalue weighted by molar-refractivity contribution is 0.464. The van der Waals surface area contributed by atoms with Gasteiger partial charge in [0.15, 0.2) is 0 Å². The fraction of sp³-hybridized carbons (Fsp3) is 0.0233. The molecule has 224 valence electrons. The standard InChI is InChI=1S/C43H27BN2O2/c1-26-19-20-30-36(23-26)45(27-11-3-2-4-12-27)34-21-22-35-41(42(30)34)29-13-5-8-16-33(29)46(35)28-24-39-43-40(25-28)48-38-18-10-7-15-32(38)44(43)31-14-6-9-17-37(31)47-39/h2-25H,1H3. The molecule has 0 saturated carbocycles. The van der Waals surface area contributed by atoms with Gasteiger partial charge in [0.2, 0.25) is 0 Å². The number of fused-ring (bicyclic) bond motifs is 11. The fourth-order valence-corrected chi connectivity index (χ4v) is 8.32. The molecule has 0 radical (unpaired) electrons. The number of rotatable bonds is 2. The molecule has 0 N–H and O–H groups in total. The predicted octanol–water partition coefficient (Wildman–Crippen LogP) is 8.92. The van der Waals surface area contributed by atoms with Gasteiger partial charge >= 0.3 is 0 Å². The molecule has 7 aromatic carbocycles. The van der Waals surface area contributed by atoms with E-state index in [1.54, 1.807) is 0 Å². The van der Waals surface area contributed by atoms with Crippen LogP contribution in [0.3, 0.4) is 0 Å². The fourth-order valence-electron chi connectivity index (χ4n) is 8.32. The summed E-state index contributed by atoms with van der Waals surface area (Å²) in [6.45, 7) is 2.21. The van der Waals surface area contributed by atoms with Crippen molar-refractivity contribution in [3.63, 3.8) is 0 Å². The van der Waals surface area contributed by atoms with Gasteiger partial charge in [0.05, 0.1) is 27.8 Å². The minimum absolute atomic E-state index is 0.0456. The Hall–Kier alpha value is -6.20. The zero-order chi connectivity index (χ0) is 31.5. The van der Waals surface area contributed by atoms with E-state index in [-0.39, 0.29) is 6.71 Å². The van der Waals surface area contributed by atoms with Gasteiger partial charge in [-0.05, 0) is 71.9 Å². The predicted molar refractivity (Wildman–Crippen MR) is 198 cm³/mol. The first-order chi connectivity index (χ1) is 23.7. The Kier molecular flexibility index (Phi) is 5.09. The van der Waals surface area contributed by atoms with Gasteiger partial charge in [0.1, 0.15) is 23.0 Å². The smallest absolute Gasteiger partial charge is 0.260 e. The molecule has 9 aromatic rings. The minimum Gasteiger partial charge on any atom is -0.458 e. The molecule has 0 fully saturated rings. The van der Waals surface area contributed by atoms with Crippen molar-refractivity contribution in [2.24, 2.45) is 0 Å². The second-order valence-corrected chi connectivity index (χ2v) is 13.0. The largest absolute Gasteiger partial charge is 0.458 e. The summed E-state index contributed by atoms with van der Waals surface area (Å²) in [6, 6.07) is 52.0. The highest BCUT2D eigenvalue weighted by molar-refractivity contribution is 6.98. The van der Waals surface area contributed by atoms with Gasteiger partial charge < -0.3 is 18.6 Å². The highest BCUT2D eigenvalue weighted by Crippen LogP contribution is 2.44. The summed E-state index contributed by atoms with van der Waals surface area (Å²) in [6.07, 6.45) is 0. The van der Waals surface area contributed by atoms with Crippen LogP contribution < -0.4 is 25.9 Å². The van der Waals surface area contributed by atoms with E-state index in [0.717, 1.165) is 50.9 Å². The van der Waals surface area contributed by atoms with Crippen LogP contribution in [0.2, 0.25) is 0 Å². The van der Waals surface area contributed by atoms with Crippen LogP contribution >= 0.6 is 0 Å². The van der Waals surface area contributed by atoms with Crippen molar-refractivity contribution in [1.82, 2.24) is 9.13 Å². The van der Waals surface area contributed by atoms with E-state index in [0.29, 0.717) is 0 Å². The lowest BCUT2D eigenvalue weighted by Crippen LogP contribution is -2.57. The molecule has 0 saturated heterocycles. The van der Waals surface area contributed by atoms with E-state index in [1.807, 2.05) is 12.1 Å². The number of hydrogen-bond donors (Lipinski definition) is 0. The van der Waals surface area contributed by atoms with E-state index in [4.69, 9.17) is 9.47 Å². The molecule has 0 aliphatic carbocycles. The molecule has 11 rings (SSSR count). The number of hydrogen-bond acceptors (Lipinski definition) is 2. The molecule has 5 heteroatoms. The SMILES string of the molecule is Cc1ccc2c3c4c5ccccc5n(-c5cc6c7c(c5)Oc5ccccc5B7c5ccccc5O6)c4ccc3n(-c3ccccc3)c2c1. The van der Waals surface area contributed by atoms with E-state index in [2.05, 4.69) is 150 Å². The molecule has 4 heterocycles. The topological polar surface area (TPSA) is 28.3 Å². The molecule has 0 spiro atoms. The molecule has 0 atom stereocenters. The second-order valence-electron chi connectivity index (χ2n) is 13.0. The molecular formula is C43H27BN2O2. The molecule has 0 unspecified atom stereocenters. The van der Waals surface area contributed by atoms with Crippen molar-refractivity contribution < 1.29 is 9.47 Å². The molecule has 0 bridgehead atoms. The van der Waals surface area contributed by atoms with E-state index >= 15 is 0 Å². The van der Waals surface area contributed by atoms with Crippen molar-refractivity contribution in [2.75, 3.05) is 0 Å². The average molecular weight is 615 g/mol. The summed E-state index contributed by atoms with van der Waals surface area (Å²) in [4.78, 5) is 0. The molecule has 48 heavy (non-hydrogen) atoms. The van der Waals surface area contributed by atoms with Crippen LogP contribution in [0.1, 0.15) is 5.56 Å². The van der Waals surface area contributed by atoms with Crippen molar-refractivity contribution in [1.29, 1.82) is 0 Å². The number of aromatic nitrogens is 2. The normalized spacial score (nSPS) is 13.0. The Morgan fingerprint density at radius 2 is 1.00 bits per heavy atom. The van der Waals surface area contributed by atoms with Gasteiger partial charge in [-0.1, -0.05) is 84.9 Å². The van der Waals surface area contributed by atoms with Crippen LogP contribution in [0.25, 0.3) is 55.0 Å². The first-order valence-corrected chi connectivity index (χ1v) is 16.5. The van der Waals surface area contributed by atoms with Crippen LogP contribution in [0, 0.1) is 6.92 Å². The summed E-state index contributed by atoms with van der Waals surface area (Å²) in [5.74, 6) is 3.46. The Bertz CT molecular complexity index is 2740. The maximum atomic E-state index is 6.70. The summed E-state index contributed by atoms with van der Waals surface area (Å²) in [7, 11) is 0. The van der Waals surface area contributed by atoms with E-state index in [9.17, 15) is 0 Å². The molecule has 2 aliphatic rings. The van der Waals surface area contributed by atoms with Gasteiger partial charge in [-0.3, -0.25) is 0 Å². The summed E-state index contributed by atoms with van der Waals surface area (Å²) >= 11 is 0. The van der Waals surface area contributed by atoms with Crippen molar-refractivity contribution in [2.45, 2.75) is 6.92 Å². The number of aryl methyl sites for hydroxylation is 1. The van der Waals surface area contributed by atoms with E-state index in [1.165, 1.54) is 49.1 Å². The molecule has 2 aromatic heterocycles. The van der Waals surface area contributed by atoms with Gasteiger partial charge in [0, 0.05) is 44.8 Å². The first-order valence-electron chi connectivity index (χ1n) is 16.5. The van der Waals surface area contributed by atoms with Gasteiger partial charge in [-0.15, -0.1) is 0 Å². The quantitative estimate of drug-likeness (QED) is 0.182. The third-order valence-electron chi connectivity index (χ3n) is 10.3. The lowest BCUT2D eigenvalue weighted by atomic mass is 9.35. The van der Waals surface area contributed by atoms with Crippen molar-refractivity contribution in [3.8, 4) is 34.4 Å². The van der Waals surface area contributed by atoms with Crippen LogP contribution in [-0.2, 0) is 0 Å². The molecular weight excluding hydrogens is 587 g/mol. The van der Waals surface area contributed by atoms with Crippen LogP contribution in [-0.4, -0.2) is 15.8 Å². The van der Waals surface area contributed by atoms with Crippen molar-refractivity contribution in [3.05, 3.63) is 151 Å². The molecule has 2 aliphatic heterocycles. The van der Waals surface area contributed by atoms with Crippen LogP contribution in [0.15, 0.2) is 146 Å². The molecule has 4 nitrogen and oxygen atoms in total. The summed E-state index contributed by atoms with van der Waals surface area (Å²) in [5, 5.41) is 4.97. The number of para-hydroxylation sites is 4. The second kappa shape index (κ2) is 9.43. The minimum atomic E-state index is 0.0456. The third-order valence-corrected chi connectivity index (χ3v) is 10.3. The highest BCUT2D eigenvalue weighted by Gasteiger charge is 2.40. The van der Waals surface area contributed by atoms with Crippen LogP contribution in [0.4, 0.5) is 0 Å². The Balaban J connectivity index is 1.23. The molecule has 0 amide bonds. The third kappa shape index (κ3) is 3.40. The number of benzene rings is 7. The summed E-state index contributed by atoms with van der Waals surface area (Å²) in [5.41, 5.74) is 11.5. The zero-order valence-corrected chi connectivity index (χ0v) is 26.1. The van der Waals surface area contributed by atoms with Crippen molar-refractivity contribution >= 4 is 66.7 Å². The Labute approximate surface area is 277 Å². The van der Waals surface area contributed by atoms with Gasteiger partial charge in [-0.25, -0.2) is 0 Å². The first kappa shape index (κ1) is 25.9. The number of nitrogens with zero attached hydrogens (tertiary/aromatic N) is 2. The maximum absolute atomic E-state index is 6.70. The lowest BCUT2D eigenvalue weighted by Gasteiger charge is -2.33. The Morgan fingerprint density at radius 1 is 0.438 bits per heavy atom. The highest BCUT2D eigenvalue weighted by atomic mass is 16.5.